The van der Waals surface area contributed by atoms with Crippen molar-refractivity contribution in [3.8, 4) is 0 Å². The highest BCUT2D eigenvalue weighted by Crippen LogP contribution is 2.22. The Balaban J connectivity index is 3.02. The molecule has 0 bridgehead atoms. The van der Waals surface area contributed by atoms with Crippen molar-refractivity contribution < 1.29 is 4.79 Å². The van der Waals surface area contributed by atoms with E-state index in [0.29, 0.717) is 23.6 Å². The molecule has 1 aromatic carbocycles. The first-order chi connectivity index (χ1) is 7.19. The van der Waals surface area contributed by atoms with Crippen LogP contribution in [-0.4, -0.2) is 12.3 Å². The van der Waals surface area contributed by atoms with Gasteiger partial charge in [0.1, 0.15) is 0 Å². The van der Waals surface area contributed by atoms with Crippen LogP contribution in [0, 0.1) is 0 Å². The zero-order chi connectivity index (χ0) is 11.3. The molecule has 2 nitrogen and oxygen atoms in total. The van der Waals surface area contributed by atoms with Crippen LogP contribution < -0.4 is 5.32 Å². The summed E-state index contributed by atoms with van der Waals surface area (Å²) < 4.78 is 0. The van der Waals surface area contributed by atoms with Crippen molar-refractivity contribution in [3.63, 3.8) is 0 Å². The molecule has 0 radical (unpaired) electrons. The van der Waals surface area contributed by atoms with E-state index in [1.165, 1.54) is 0 Å². The quantitative estimate of drug-likeness (QED) is 0.611. The Bertz CT molecular complexity index is 374. The second kappa shape index (κ2) is 5.56. The lowest BCUT2D eigenvalue weighted by atomic mass is 10.1. The van der Waals surface area contributed by atoms with Gasteiger partial charge in [0, 0.05) is 29.2 Å². The average Bonchev–Trinajstić information content (AvgIpc) is 2.25. The van der Waals surface area contributed by atoms with Gasteiger partial charge in [-0.1, -0.05) is 24.6 Å². The predicted octanol–water partition coefficient (Wildman–Crippen LogP) is 3.53. The zero-order valence-corrected chi connectivity index (χ0v) is 9.47. The number of anilines is 1. The molecular weight excluding hydrogens is 210 g/mol. The van der Waals surface area contributed by atoms with Crippen molar-refractivity contribution in [2.45, 2.75) is 13.3 Å². The van der Waals surface area contributed by atoms with E-state index in [-0.39, 0.29) is 5.78 Å². The number of carbonyl (C=O) groups is 1. The van der Waals surface area contributed by atoms with E-state index in [0.717, 1.165) is 5.69 Å². The second-order valence-corrected chi connectivity index (χ2v) is 3.57. The lowest BCUT2D eigenvalue weighted by molar-refractivity contribution is 0.0989. The molecule has 0 aliphatic carbocycles. The number of halogens is 1. The van der Waals surface area contributed by atoms with Gasteiger partial charge >= 0.3 is 0 Å². The van der Waals surface area contributed by atoms with Crippen LogP contribution in [0.4, 0.5) is 5.69 Å². The first kappa shape index (κ1) is 11.8. The van der Waals surface area contributed by atoms with Gasteiger partial charge < -0.3 is 5.32 Å². The van der Waals surface area contributed by atoms with E-state index in [9.17, 15) is 4.79 Å². The number of ketones is 1. The van der Waals surface area contributed by atoms with E-state index < -0.39 is 0 Å². The lowest BCUT2D eigenvalue weighted by Gasteiger charge is -2.09. The van der Waals surface area contributed by atoms with E-state index >= 15 is 0 Å². The number of nitrogens with one attached hydrogen (secondary N) is 1. The summed E-state index contributed by atoms with van der Waals surface area (Å²) in [6.07, 6.45) is 2.23. The van der Waals surface area contributed by atoms with E-state index in [1.807, 2.05) is 6.92 Å². The molecule has 0 aliphatic heterocycles. The molecule has 0 amide bonds. The largest absolute Gasteiger partial charge is 0.381 e. The SMILES string of the molecule is C=CCNc1cc(Cl)ccc1C(=O)CC. The summed E-state index contributed by atoms with van der Waals surface area (Å²) >= 11 is 5.87. The molecular formula is C12H14ClNO. The Labute approximate surface area is 94.9 Å². The third-order valence-corrected chi connectivity index (χ3v) is 2.28. The van der Waals surface area contributed by atoms with E-state index in [2.05, 4.69) is 11.9 Å². The third kappa shape index (κ3) is 3.10. The molecule has 0 atom stereocenters. The van der Waals surface area contributed by atoms with Gasteiger partial charge in [-0.2, -0.15) is 0 Å². The monoisotopic (exact) mass is 223 g/mol. The van der Waals surface area contributed by atoms with Crippen molar-refractivity contribution in [2.24, 2.45) is 0 Å². The van der Waals surface area contributed by atoms with Gasteiger partial charge in [-0.05, 0) is 18.2 Å². The summed E-state index contributed by atoms with van der Waals surface area (Å²) in [5.41, 5.74) is 1.46. The Morgan fingerprint density at radius 2 is 2.33 bits per heavy atom. The van der Waals surface area contributed by atoms with Crippen LogP contribution in [0.3, 0.4) is 0 Å². The molecule has 3 heteroatoms. The van der Waals surface area contributed by atoms with Gasteiger partial charge in [0.25, 0.3) is 0 Å². The van der Waals surface area contributed by atoms with Crippen LogP contribution in [-0.2, 0) is 0 Å². The fourth-order valence-corrected chi connectivity index (χ4v) is 1.45. The highest BCUT2D eigenvalue weighted by Gasteiger charge is 2.09. The summed E-state index contributed by atoms with van der Waals surface area (Å²) in [6.45, 7) is 6.07. The molecule has 0 spiro atoms. The molecule has 15 heavy (non-hydrogen) atoms. The number of rotatable bonds is 5. The minimum Gasteiger partial charge on any atom is -0.381 e. The van der Waals surface area contributed by atoms with Gasteiger partial charge in [0.2, 0.25) is 0 Å². The lowest BCUT2D eigenvalue weighted by Crippen LogP contribution is -2.06. The number of hydrogen-bond acceptors (Lipinski definition) is 2. The fourth-order valence-electron chi connectivity index (χ4n) is 1.28. The minimum atomic E-state index is 0.109. The summed E-state index contributed by atoms with van der Waals surface area (Å²) in [5.74, 6) is 0.109. The molecule has 0 fully saturated rings. The first-order valence-electron chi connectivity index (χ1n) is 4.86. The third-order valence-electron chi connectivity index (χ3n) is 2.04. The number of hydrogen-bond donors (Lipinski definition) is 1. The second-order valence-electron chi connectivity index (χ2n) is 3.14. The maximum Gasteiger partial charge on any atom is 0.164 e. The maximum absolute atomic E-state index is 11.6. The molecule has 1 N–H and O–H groups in total. The van der Waals surface area contributed by atoms with Crippen LogP contribution in [0.1, 0.15) is 23.7 Å². The highest BCUT2D eigenvalue weighted by molar-refractivity contribution is 6.31. The van der Waals surface area contributed by atoms with Gasteiger partial charge in [-0.3, -0.25) is 4.79 Å². The van der Waals surface area contributed by atoms with Gasteiger partial charge in [-0.25, -0.2) is 0 Å². The molecule has 0 heterocycles. The molecule has 1 rings (SSSR count). The summed E-state index contributed by atoms with van der Waals surface area (Å²) in [7, 11) is 0. The van der Waals surface area contributed by atoms with Gasteiger partial charge in [0.05, 0.1) is 0 Å². The Morgan fingerprint density at radius 1 is 1.60 bits per heavy atom. The zero-order valence-electron chi connectivity index (χ0n) is 8.72. The van der Waals surface area contributed by atoms with Crippen molar-refractivity contribution in [1.29, 1.82) is 0 Å². The summed E-state index contributed by atoms with van der Waals surface area (Å²) in [4.78, 5) is 11.6. The topological polar surface area (TPSA) is 29.1 Å². The number of carbonyl (C=O) groups excluding carboxylic acids is 1. The average molecular weight is 224 g/mol. The Morgan fingerprint density at radius 3 is 2.93 bits per heavy atom. The fraction of sp³-hybridized carbons (Fsp3) is 0.250. The van der Waals surface area contributed by atoms with Crippen molar-refractivity contribution in [3.05, 3.63) is 41.4 Å². The van der Waals surface area contributed by atoms with Crippen LogP contribution in [0.15, 0.2) is 30.9 Å². The van der Waals surface area contributed by atoms with Crippen LogP contribution in [0.5, 0.6) is 0 Å². The van der Waals surface area contributed by atoms with Gasteiger partial charge in [0.15, 0.2) is 5.78 Å². The highest BCUT2D eigenvalue weighted by atomic mass is 35.5. The normalized spacial score (nSPS) is 9.73. The van der Waals surface area contributed by atoms with Crippen LogP contribution in [0.25, 0.3) is 0 Å². The molecule has 0 unspecified atom stereocenters. The Kier molecular flexibility index (Phi) is 4.37. The molecule has 1 aromatic rings. The number of Topliss-reactive ketones (excluding diaryl/α,β-unsaturated/α-hetero) is 1. The van der Waals surface area contributed by atoms with E-state index in [1.54, 1.807) is 24.3 Å². The molecule has 0 aliphatic rings. The predicted molar refractivity (Wildman–Crippen MR) is 64.8 cm³/mol. The molecule has 80 valence electrons. The van der Waals surface area contributed by atoms with Crippen molar-refractivity contribution in [1.82, 2.24) is 0 Å². The van der Waals surface area contributed by atoms with Crippen molar-refractivity contribution >= 4 is 23.1 Å². The smallest absolute Gasteiger partial charge is 0.164 e. The van der Waals surface area contributed by atoms with Crippen molar-refractivity contribution in [2.75, 3.05) is 11.9 Å². The maximum atomic E-state index is 11.6. The van der Waals surface area contributed by atoms with E-state index in [4.69, 9.17) is 11.6 Å². The standard InChI is InChI=1S/C12H14ClNO/c1-3-7-14-11-8-9(13)5-6-10(11)12(15)4-2/h3,5-6,8,14H,1,4,7H2,2H3. The minimum absolute atomic E-state index is 0.109. The van der Waals surface area contributed by atoms with Gasteiger partial charge in [-0.15, -0.1) is 6.58 Å². The first-order valence-corrected chi connectivity index (χ1v) is 5.24. The molecule has 0 saturated carbocycles. The molecule has 0 saturated heterocycles. The van der Waals surface area contributed by atoms with Crippen LogP contribution in [0.2, 0.25) is 5.02 Å². The molecule has 0 aromatic heterocycles. The Hall–Kier alpha value is -1.28. The number of benzene rings is 1. The summed E-state index contributed by atoms with van der Waals surface area (Å²) in [6, 6.07) is 5.23. The summed E-state index contributed by atoms with van der Waals surface area (Å²) in [5, 5.41) is 3.72. The van der Waals surface area contributed by atoms with Crippen LogP contribution >= 0.6 is 11.6 Å².